The lowest BCUT2D eigenvalue weighted by atomic mass is 10.1. The van der Waals surface area contributed by atoms with Crippen molar-refractivity contribution >= 4 is 17.6 Å². The van der Waals surface area contributed by atoms with E-state index >= 15 is 0 Å². The van der Waals surface area contributed by atoms with E-state index in [9.17, 15) is 4.79 Å². The van der Waals surface area contributed by atoms with Gasteiger partial charge in [0.15, 0.2) is 0 Å². The number of rotatable bonds is 1. The molecule has 0 saturated carbocycles. The minimum atomic E-state index is -0.980. The zero-order valence-electron chi connectivity index (χ0n) is 7.22. The fraction of sp³-hybridized carbons (Fsp3) is 0.444. The van der Waals surface area contributed by atoms with E-state index in [-0.39, 0.29) is 5.69 Å². The van der Waals surface area contributed by atoms with Crippen molar-refractivity contribution in [1.82, 2.24) is 4.98 Å². The fourth-order valence-corrected chi connectivity index (χ4v) is 2.19. The van der Waals surface area contributed by atoms with E-state index in [1.165, 1.54) is 0 Å². The first-order valence-electron chi connectivity index (χ1n) is 4.22. The Morgan fingerprint density at radius 1 is 1.62 bits per heavy atom. The Balaban J connectivity index is 2.47. The van der Waals surface area contributed by atoms with Gasteiger partial charge in [-0.25, -0.2) is 4.79 Å². The molecule has 0 aromatic carbocycles. The number of carboxylic acid groups (broad SMARTS) is 1. The van der Waals surface area contributed by atoms with Gasteiger partial charge in [0, 0.05) is 5.69 Å². The van der Waals surface area contributed by atoms with Crippen LogP contribution in [0.15, 0.2) is 0 Å². The predicted molar refractivity (Wildman–Crippen MR) is 49.3 cm³/mol. The number of fused-ring (bicyclic) bond motifs is 1. The molecule has 0 bridgehead atoms. The van der Waals surface area contributed by atoms with E-state index in [2.05, 4.69) is 11.9 Å². The van der Waals surface area contributed by atoms with Crippen molar-refractivity contribution in [2.45, 2.75) is 19.8 Å². The average molecular weight is 200 g/mol. The Kier molecular flexibility index (Phi) is 1.84. The topological polar surface area (TPSA) is 53.1 Å². The van der Waals surface area contributed by atoms with Crippen molar-refractivity contribution in [3.05, 3.63) is 22.0 Å². The van der Waals surface area contributed by atoms with E-state index in [0.29, 0.717) is 10.9 Å². The number of halogens is 1. The second kappa shape index (κ2) is 2.77. The van der Waals surface area contributed by atoms with Gasteiger partial charge in [0.25, 0.3) is 0 Å². The van der Waals surface area contributed by atoms with Crippen molar-refractivity contribution < 1.29 is 9.90 Å². The van der Waals surface area contributed by atoms with Crippen LogP contribution in [0.3, 0.4) is 0 Å². The van der Waals surface area contributed by atoms with Crippen LogP contribution < -0.4 is 0 Å². The molecule has 13 heavy (non-hydrogen) atoms. The van der Waals surface area contributed by atoms with Crippen molar-refractivity contribution in [1.29, 1.82) is 0 Å². The van der Waals surface area contributed by atoms with Gasteiger partial charge in [0.2, 0.25) is 0 Å². The minimum Gasteiger partial charge on any atom is -0.477 e. The summed E-state index contributed by atoms with van der Waals surface area (Å²) in [6, 6.07) is 0. The van der Waals surface area contributed by atoms with Gasteiger partial charge < -0.3 is 10.1 Å². The molecule has 0 unspecified atom stereocenters. The summed E-state index contributed by atoms with van der Waals surface area (Å²) in [6.45, 7) is 2.13. The smallest absolute Gasteiger partial charge is 0.353 e. The molecule has 1 aromatic heterocycles. The third-order valence-electron chi connectivity index (χ3n) is 2.44. The number of aromatic carboxylic acids is 1. The van der Waals surface area contributed by atoms with E-state index < -0.39 is 5.97 Å². The minimum absolute atomic E-state index is 0.138. The average Bonchev–Trinajstić information content (AvgIpc) is 2.51. The normalized spacial score (nSPS) is 20.3. The van der Waals surface area contributed by atoms with Gasteiger partial charge >= 0.3 is 5.97 Å². The highest BCUT2D eigenvalue weighted by molar-refractivity contribution is 6.34. The molecule has 70 valence electrons. The maximum Gasteiger partial charge on any atom is 0.353 e. The van der Waals surface area contributed by atoms with E-state index in [1.807, 2.05) is 0 Å². The summed E-state index contributed by atoms with van der Waals surface area (Å²) in [5, 5.41) is 9.17. The van der Waals surface area contributed by atoms with Gasteiger partial charge in [0.05, 0.1) is 5.02 Å². The first kappa shape index (κ1) is 8.63. The molecule has 0 amide bonds. The van der Waals surface area contributed by atoms with Gasteiger partial charge in [-0.1, -0.05) is 18.5 Å². The molecule has 0 fully saturated rings. The molecule has 1 aromatic rings. The molecule has 0 radical (unpaired) electrons. The quantitative estimate of drug-likeness (QED) is 0.728. The summed E-state index contributed by atoms with van der Waals surface area (Å²) in [5.41, 5.74) is 2.13. The molecular weight excluding hydrogens is 190 g/mol. The van der Waals surface area contributed by atoms with Crippen molar-refractivity contribution in [3.63, 3.8) is 0 Å². The molecular formula is C9H10ClNO2. The summed E-state index contributed by atoms with van der Waals surface area (Å²) < 4.78 is 0. The van der Waals surface area contributed by atoms with Gasteiger partial charge in [-0.2, -0.15) is 0 Å². The van der Waals surface area contributed by atoms with Crippen molar-refractivity contribution in [3.8, 4) is 0 Å². The third kappa shape index (κ3) is 1.23. The summed E-state index contributed by atoms with van der Waals surface area (Å²) >= 11 is 5.92. The van der Waals surface area contributed by atoms with E-state index in [1.54, 1.807) is 0 Å². The maximum absolute atomic E-state index is 10.7. The largest absolute Gasteiger partial charge is 0.477 e. The molecule has 1 aliphatic carbocycles. The van der Waals surface area contributed by atoms with Crippen molar-refractivity contribution in [2.24, 2.45) is 5.92 Å². The Bertz CT molecular complexity index is 370. The Hall–Kier alpha value is -0.960. The number of aromatic amines is 1. The van der Waals surface area contributed by atoms with Gasteiger partial charge in [0.1, 0.15) is 5.69 Å². The Morgan fingerprint density at radius 2 is 2.31 bits per heavy atom. The fourth-order valence-electron chi connectivity index (χ4n) is 1.87. The SMILES string of the molecule is C[C@H]1Cc2[nH]c(C(=O)O)c(Cl)c2C1. The van der Waals surface area contributed by atoms with Crippen LogP contribution in [0.1, 0.15) is 28.7 Å². The standard InChI is InChI=1S/C9H10ClNO2/c1-4-2-5-6(3-4)11-8(7(5)10)9(12)13/h4,11H,2-3H2,1H3,(H,12,13)/t4-/m1/s1. The molecule has 2 rings (SSSR count). The molecule has 1 atom stereocenters. The van der Waals surface area contributed by atoms with E-state index in [0.717, 1.165) is 24.1 Å². The van der Waals surface area contributed by atoms with Crippen LogP contribution in [-0.2, 0) is 12.8 Å². The van der Waals surface area contributed by atoms with Crippen LogP contribution in [0.4, 0.5) is 0 Å². The summed E-state index contributed by atoms with van der Waals surface area (Å²) in [6.07, 6.45) is 1.79. The molecule has 0 spiro atoms. The van der Waals surface area contributed by atoms with E-state index in [4.69, 9.17) is 16.7 Å². The number of carboxylic acids is 1. The third-order valence-corrected chi connectivity index (χ3v) is 2.86. The lowest BCUT2D eigenvalue weighted by Gasteiger charge is -1.98. The summed E-state index contributed by atoms with van der Waals surface area (Å²) in [5.74, 6) is -0.409. The first-order chi connectivity index (χ1) is 6.09. The summed E-state index contributed by atoms with van der Waals surface area (Å²) in [7, 11) is 0. The van der Waals surface area contributed by atoms with Crippen LogP contribution in [-0.4, -0.2) is 16.1 Å². The molecule has 1 aliphatic rings. The number of hydrogen-bond acceptors (Lipinski definition) is 1. The number of carbonyl (C=O) groups is 1. The molecule has 3 nitrogen and oxygen atoms in total. The van der Waals surface area contributed by atoms with Crippen LogP contribution in [0.5, 0.6) is 0 Å². The lowest BCUT2D eigenvalue weighted by Crippen LogP contribution is -2.00. The number of hydrogen-bond donors (Lipinski definition) is 2. The zero-order valence-corrected chi connectivity index (χ0v) is 7.98. The Labute approximate surface area is 80.7 Å². The summed E-state index contributed by atoms with van der Waals surface area (Å²) in [4.78, 5) is 13.6. The molecule has 1 heterocycles. The van der Waals surface area contributed by atoms with Gasteiger partial charge in [-0.05, 0) is 24.3 Å². The van der Waals surface area contributed by atoms with Gasteiger partial charge in [-0.15, -0.1) is 0 Å². The van der Waals surface area contributed by atoms with Crippen LogP contribution >= 0.6 is 11.6 Å². The second-order valence-electron chi connectivity index (χ2n) is 3.59. The second-order valence-corrected chi connectivity index (χ2v) is 3.97. The lowest BCUT2D eigenvalue weighted by molar-refractivity contribution is 0.0691. The van der Waals surface area contributed by atoms with Crippen LogP contribution in [0.2, 0.25) is 5.02 Å². The number of H-pyrrole nitrogens is 1. The van der Waals surface area contributed by atoms with Crippen molar-refractivity contribution in [2.75, 3.05) is 0 Å². The zero-order chi connectivity index (χ0) is 9.59. The highest BCUT2D eigenvalue weighted by Crippen LogP contribution is 2.34. The molecule has 2 N–H and O–H groups in total. The number of nitrogens with one attached hydrogen (secondary N) is 1. The van der Waals surface area contributed by atoms with Crippen LogP contribution in [0, 0.1) is 5.92 Å². The number of aromatic nitrogens is 1. The highest BCUT2D eigenvalue weighted by atomic mass is 35.5. The highest BCUT2D eigenvalue weighted by Gasteiger charge is 2.26. The molecule has 4 heteroatoms. The molecule has 0 saturated heterocycles. The first-order valence-corrected chi connectivity index (χ1v) is 4.60. The predicted octanol–water partition coefficient (Wildman–Crippen LogP) is 2.10. The Morgan fingerprint density at radius 3 is 2.85 bits per heavy atom. The monoisotopic (exact) mass is 199 g/mol. The van der Waals surface area contributed by atoms with Crippen LogP contribution in [0.25, 0.3) is 0 Å². The van der Waals surface area contributed by atoms with Gasteiger partial charge in [-0.3, -0.25) is 0 Å². The maximum atomic E-state index is 10.7. The molecule has 0 aliphatic heterocycles.